The molecule has 0 unspecified atom stereocenters. The van der Waals surface area contributed by atoms with Gasteiger partial charge in [-0.3, -0.25) is 4.79 Å². The van der Waals surface area contributed by atoms with E-state index in [9.17, 15) is 9.59 Å². The Labute approximate surface area is 112 Å². The molecule has 0 aliphatic rings. The van der Waals surface area contributed by atoms with E-state index in [-0.39, 0.29) is 11.5 Å². The molecule has 0 saturated heterocycles. The molecule has 104 valence electrons. The highest BCUT2D eigenvalue weighted by molar-refractivity contribution is 5.87. The number of rotatable bonds is 6. The first-order valence-corrected chi connectivity index (χ1v) is 6.17. The summed E-state index contributed by atoms with van der Waals surface area (Å²) in [5, 5.41) is 11.6. The lowest BCUT2D eigenvalue weighted by molar-refractivity contribution is -0.128. The third kappa shape index (κ3) is 4.37. The average molecular weight is 264 g/mol. The minimum atomic E-state index is -0.940. The topological polar surface area (TPSA) is 92.4 Å². The molecule has 5 heteroatoms. The highest BCUT2D eigenvalue weighted by Gasteiger charge is 2.24. The molecule has 4 N–H and O–H groups in total. The van der Waals surface area contributed by atoms with Crippen molar-refractivity contribution < 1.29 is 14.7 Å². The largest absolute Gasteiger partial charge is 0.478 e. The molecule has 0 aromatic heterocycles. The Morgan fingerprint density at radius 1 is 1.26 bits per heavy atom. The fraction of sp³-hybridized carbons (Fsp3) is 0.429. The number of carboxylic acid groups (broad SMARTS) is 1. The third-order valence-electron chi connectivity index (χ3n) is 3.03. The number of amides is 1. The molecule has 0 atom stereocenters. The van der Waals surface area contributed by atoms with Crippen LogP contribution in [0.3, 0.4) is 0 Å². The van der Waals surface area contributed by atoms with Crippen LogP contribution in [-0.4, -0.2) is 30.1 Å². The average Bonchev–Trinajstić information content (AvgIpc) is 2.39. The van der Waals surface area contributed by atoms with E-state index in [0.717, 1.165) is 5.56 Å². The summed E-state index contributed by atoms with van der Waals surface area (Å²) in [6.45, 7) is 4.40. The third-order valence-corrected chi connectivity index (χ3v) is 3.03. The number of carbonyl (C=O) groups excluding carboxylic acids is 1. The SMILES string of the molecule is CC(C)(CN)C(=O)NCCc1ccc(C(=O)O)cc1. The van der Waals surface area contributed by atoms with Crippen LogP contribution in [0.25, 0.3) is 0 Å². The van der Waals surface area contributed by atoms with Gasteiger partial charge in [0, 0.05) is 13.1 Å². The van der Waals surface area contributed by atoms with Gasteiger partial charge in [-0.05, 0) is 38.0 Å². The Kier molecular flexibility index (Phi) is 5.06. The van der Waals surface area contributed by atoms with Gasteiger partial charge in [-0.15, -0.1) is 0 Å². The number of hydrogen-bond acceptors (Lipinski definition) is 3. The van der Waals surface area contributed by atoms with Crippen molar-refractivity contribution in [3.63, 3.8) is 0 Å². The van der Waals surface area contributed by atoms with Gasteiger partial charge in [-0.25, -0.2) is 4.79 Å². The second kappa shape index (κ2) is 6.33. The van der Waals surface area contributed by atoms with Crippen LogP contribution in [0.2, 0.25) is 0 Å². The summed E-state index contributed by atoms with van der Waals surface area (Å²) in [4.78, 5) is 22.5. The second-order valence-electron chi connectivity index (χ2n) is 5.10. The van der Waals surface area contributed by atoms with Crippen LogP contribution in [0, 0.1) is 5.41 Å². The molecule has 0 bridgehead atoms. The zero-order valence-electron chi connectivity index (χ0n) is 11.3. The van der Waals surface area contributed by atoms with Crippen molar-refractivity contribution >= 4 is 11.9 Å². The zero-order chi connectivity index (χ0) is 14.5. The molecule has 5 nitrogen and oxygen atoms in total. The number of hydrogen-bond donors (Lipinski definition) is 3. The van der Waals surface area contributed by atoms with E-state index in [4.69, 9.17) is 10.8 Å². The summed E-state index contributed by atoms with van der Waals surface area (Å²) in [5.41, 5.74) is 6.20. The first-order valence-electron chi connectivity index (χ1n) is 6.17. The quantitative estimate of drug-likeness (QED) is 0.715. The van der Waals surface area contributed by atoms with Gasteiger partial charge in [0.25, 0.3) is 0 Å². The molecule has 0 spiro atoms. The van der Waals surface area contributed by atoms with E-state index in [0.29, 0.717) is 19.5 Å². The summed E-state index contributed by atoms with van der Waals surface area (Å²) >= 11 is 0. The van der Waals surface area contributed by atoms with E-state index >= 15 is 0 Å². The molecule has 1 aromatic carbocycles. The fourth-order valence-electron chi connectivity index (χ4n) is 1.47. The molecule has 0 radical (unpaired) electrons. The van der Waals surface area contributed by atoms with Crippen LogP contribution in [0.4, 0.5) is 0 Å². The Morgan fingerprint density at radius 2 is 1.84 bits per heavy atom. The molecular weight excluding hydrogens is 244 g/mol. The van der Waals surface area contributed by atoms with E-state index in [1.807, 2.05) is 0 Å². The lowest BCUT2D eigenvalue weighted by Gasteiger charge is -2.21. The van der Waals surface area contributed by atoms with Gasteiger partial charge in [0.15, 0.2) is 0 Å². The molecule has 1 rings (SSSR count). The van der Waals surface area contributed by atoms with Gasteiger partial charge in [0.2, 0.25) is 5.91 Å². The summed E-state index contributed by atoms with van der Waals surface area (Å²) in [7, 11) is 0. The number of nitrogens with one attached hydrogen (secondary N) is 1. The highest BCUT2D eigenvalue weighted by atomic mass is 16.4. The first kappa shape index (κ1) is 15.2. The van der Waals surface area contributed by atoms with Crippen molar-refractivity contribution in [2.45, 2.75) is 20.3 Å². The van der Waals surface area contributed by atoms with E-state index in [2.05, 4.69) is 5.32 Å². The molecule has 0 saturated carbocycles. The zero-order valence-corrected chi connectivity index (χ0v) is 11.3. The lowest BCUT2D eigenvalue weighted by atomic mass is 9.92. The van der Waals surface area contributed by atoms with E-state index in [1.54, 1.807) is 38.1 Å². The van der Waals surface area contributed by atoms with Crippen LogP contribution >= 0.6 is 0 Å². The van der Waals surface area contributed by atoms with Crippen LogP contribution in [0.15, 0.2) is 24.3 Å². The van der Waals surface area contributed by atoms with Gasteiger partial charge < -0.3 is 16.2 Å². The number of aromatic carboxylic acids is 1. The second-order valence-corrected chi connectivity index (χ2v) is 5.10. The Bertz CT molecular complexity index is 452. The lowest BCUT2D eigenvalue weighted by Crippen LogP contribution is -2.42. The van der Waals surface area contributed by atoms with Crippen LogP contribution < -0.4 is 11.1 Å². The maximum absolute atomic E-state index is 11.8. The van der Waals surface area contributed by atoms with Crippen molar-refractivity contribution in [3.8, 4) is 0 Å². The Morgan fingerprint density at radius 3 is 2.32 bits per heavy atom. The van der Waals surface area contributed by atoms with Crippen molar-refractivity contribution in [2.75, 3.05) is 13.1 Å². The normalized spacial score (nSPS) is 11.1. The van der Waals surface area contributed by atoms with Crippen molar-refractivity contribution in [1.29, 1.82) is 0 Å². The van der Waals surface area contributed by atoms with Gasteiger partial charge in [-0.2, -0.15) is 0 Å². The smallest absolute Gasteiger partial charge is 0.335 e. The van der Waals surface area contributed by atoms with Crippen molar-refractivity contribution in [3.05, 3.63) is 35.4 Å². The number of benzene rings is 1. The number of nitrogens with two attached hydrogens (primary N) is 1. The summed E-state index contributed by atoms with van der Waals surface area (Å²) in [6, 6.07) is 6.62. The predicted molar refractivity (Wildman–Crippen MR) is 73.0 cm³/mol. The molecule has 1 amide bonds. The maximum Gasteiger partial charge on any atom is 0.335 e. The van der Waals surface area contributed by atoms with Gasteiger partial charge in [0.05, 0.1) is 11.0 Å². The van der Waals surface area contributed by atoms with Crippen LogP contribution in [-0.2, 0) is 11.2 Å². The number of carbonyl (C=O) groups is 2. The molecule has 1 aromatic rings. The van der Waals surface area contributed by atoms with Crippen LogP contribution in [0.1, 0.15) is 29.8 Å². The highest BCUT2D eigenvalue weighted by Crippen LogP contribution is 2.12. The van der Waals surface area contributed by atoms with Crippen molar-refractivity contribution in [1.82, 2.24) is 5.32 Å². The molecular formula is C14H20N2O3. The standard InChI is InChI=1S/C14H20N2O3/c1-14(2,9-15)13(19)16-8-7-10-3-5-11(6-4-10)12(17)18/h3-6H,7-9,15H2,1-2H3,(H,16,19)(H,17,18). The Hall–Kier alpha value is -1.88. The van der Waals surface area contributed by atoms with E-state index < -0.39 is 11.4 Å². The first-order chi connectivity index (χ1) is 8.86. The number of carboxylic acids is 1. The van der Waals surface area contributed by atoms with E-state index in [1.165, 1.54) is 0 Å². The minimum absolute atomic E-state index is 0.0721. The molecule has 0 heterocycles. The molecule has 0 aliphatic carbocycles. The van der Waals surface area contributed by atoms with Gasteiger partial charge >= 0.3 is 5.97 Å². The molecule has 0 fully saturated rings. The predicted octanol–water partition coefficient (Wildman–Crippen LogP) is 1.03. The summed E-state index contributed by atoms with van der Waals surface area (Å²) < 4.78 is 0. The molecule has 19 heavy (non-hydrogen) atoms. The maximum atomic E-state index is 11.8. The van der Waals surface area contributed by atoms with Crippen LogP contribution in [0.5, 0.6) is 0 Å². The van der Waals surface area contributed by atoms with Crippen molar-refractivity contribution in [2.24, 2.45) is 11.1 Å². The Balaban J connectivity index is 2.45. The summed E-state index contributed by atoms with van der Waals surface area (Å²) in [6.07, 6.45) is 0.659. The van der Waals surface area contributed by atoms with Gasteiger partial charge in [-0.1, -0.05) is 12.1 Å². The molecule has 0 aliphatic heterocycles. The summed E-state index contributed by atoms with van der Waals surface area (Å²) in [5.74, 6) is -1.01. The van der Waals surface area contributed by atoms with Gasteiger partial charge in [0.1, 0.15) is 0 Å². The minimum Gasteiger partial charge on any atom is -0.478 e. The fourth-order valence-corrected chi connectivity index (χ4v) is 1.47. The monoisotopic (exact) mass is 264 g/mol.